The Morgan fingerprint density at radius 1 is 0.933 bits per heavy atom. The van der Waals surface area contributed by atoms with Crippen LogP contribution in [0.5, 0.6) is 5.75 Å². The molecule has 6 nitrogen and oxygen atoms in total. The molecule has 160 valence electrons. The van der Waals surface area contributed by atoms with E-state index in [9.17, 15) is 9.59 Å². The number of amides is 2. The monoisotopic (exact) mass is 410 g/mol. The van der Waals surface area contributed by atoms with Gasteiger partial charge in [-0.2, -0.15) is 0 Å². The van der Waals surface area contributed by atoms with E-state index in [1.807, 2.05) is 42.5 Å². The molecule has 0 spiro atoms. The SMILES string of the molecule is COc1ccc(C2(CNC(=O)CCC(=O)NCc3ccccc3)CCOCC2)cc1. The first-order valence-corrected chi connectivity index (χ1v) is 10.4. The normalized spacial score (nSPS) is 15.2. The second-order valence-corrected chi connectivity index (χ2v) is 7.66. The summed E-state index contributed by atoms with van der Waals surface area (Å²) < 4.78 is 10.8. The summed E-state index contributed by atoms with van der Waals surface area (Å²) in [6.45, 7) is 2.35. The van der Waals surface area contributed by atoms with E-state index in [0.717, 1.165) is 24.2 Å². The van der Waals surface area contributed by atoms with Crippen molar-refractivity contribution < 1.29 is 19.1 Å². The van der Waals surface area contributed by atoms with E-state index in [1.165, 1.54) is 5.56 Å². The Balaban J connectivity index is 1.48. The van der Waals surface area contributed by atoms with E-state index in [0.29, 0.717) is 26.3 Å². The van der Waals surface area contributed by atoms with Crippen molar-refractivity contribution in [1.29, 1.82) is 0 Å². The van der Waals surface area contributed by atoms with E-state index in [2.05, 4.69) is 22.8 Å². The smallest absolute Gasteiger partial charge is 0.220 e. The third-order valence-electron chi connectivity index (χ3n) is 5.69. The summed E-state index contributed by atoms with van der Waals surface area (Å²) in [7, 11) is 1.65. The Kier molecular flexibility index (Phi) is 7.85. The number of nitrogens with one attached hydrogen (secondary N) is 2. The third-order valence-corrected chi connectivity index (χ3v) is 5.69. The molecule has 0 unspecified atom stereocenters. The number of benzene rings is 2. The molecule has 1 heterocycles. The standard InChI is InChI=1S/C24H30N2O4/c1-29-21-9-7-20(8-10-21)24(13-15-30-16-14-24)18-26-23(28)12-11-22(27)25-17-19-5-3-2-4-6-19/h2-10H,11-18H2,1H3,(H,25,27)(H,26,28). The number of hydrogen-bond donors (Lipinski definition) is 2. The van der Waals surface area contributed by atoms with Crippen LogP contribution in [0.2, 0.25) is 0 Å². The van der Waals surface area contributed by atoms with Crippen LogP contribution in [0.25, 0.3) is 0 Å². The summed E-state index contributed by atoms with van der Waals surface area (Å²) in [5.41, 5.74) is 2.05. The molecule has 1 aliphatic heterocycles. The Labute approximate surface area is 178 Å². The molecule has 2 aromatic carbocycles. The molecule has 1 saturated heterocycles. The van der Waals surface area contributed by atoms with Gasteiger partial charge in [-0.1, -0.05) is 42.5 Å². The predicted molar refractivity (Wildman–Crippen MR) is 115 cm³/mol. The zero-order valence-electron chi connectivity index (χ0n) is 17.5. The molecule has 2 N–H and O–H groups in total. The van der Waals surface area contributed by atoms with Crippen LogP contribution in [0.4, 0.5) is 0 Å². The van der Waals surface area contributed by atoms with Crippen molar-refractivity contribution >= 4 is 11.8 Å². The molecular formula is C24H30N2O4. The van der Waals surface area contributed by atoms with Gasteiger partial charge in [0.1, 0.15) is 5.75 Å². The van der Waals surface area contributed by atoms with Crippen LogP contribution in [0, 0.1) is 0 Å². The summed E-state index contributed by atoms with van der Waals surface area (Å²) >= 11 is 0. The first-order chi connectivity index (χ1) is 14.6. The van der Waals surface area contributed by atoms with Gasteiger partial charge < -0.3 is 20.1 Å². The highest BCUT2D eigenvalue weighted by atomic mass is 16.5. The average molecular weight is 411 g/mol. The highest BCUT2D eigenvalue weighted by Crippen LogP contribution is 2.35. The minimum absolute atomic E-state index is 0.107. The Morgan fingerprint density at radius 2 is 1.57 bits per heavy atom. The summed E-state index contributed by atoms with van der Waals surface area (Å²) in [6.07, 6.45) is 2.04. The molecule has 0 aromatic heterocycles. The molecule has 1 aliphatic rings. The summed E-state index contributed by atoms with van der Waals surface area (Å²) in [6, 6.07) is 17.7. The van der Waals surface area contributed by atoms with Crippen LogP contribution >= 0.6 is 0 Å². The maximum absolute atomic E-state index is 12.4. The Bertz CT molecular complexity index is 815. The molecule has 2 amide bonds. The van der Waals surface area contributed by atoms with E-state index in [1.54, 1.807) is 7.11 Å². The van der Waals surface area contributed by atoms with Gasteiger partial charge in [-0.3, -0.25) is 9.59 Å². The molecule has 0 atom stereocenters. The predicted octanol–water partition coefficient (Wildman–Crippen LogP) is 2.96. The number of carbonyl (C=O) groups excluding carboxylic acids is 2. The van der Waals surface area contributed by atoms with Crippen molar-refractivity contribution in [1.82, 2.24) is 10.6 Å². The maximum atomic E-state index is 12.4. The number of ether oxygens (including phenoxy) is 2. The fraction of sp³-hybridized carbons (Fsp3) is 0.417. The second kappa shape index (κ2) is 10.8. The van der Waals surface area contributed by atoms with Gasteiger partial charge >= 0.3 is 0 Å². The van der Waals surface area contributed by atoms with Crippen molar-refractivity contribution in [2.24, 2.45) is 0 Å². The maximum Gasteiger partial charge on any atom is 0.220 e. The first-order valence-electron chi connectivity index (χ1n) is 10.4. The number of carbonyl (C=O) groups is 2. The van der Waals surface area contributed by atoms with Gasteiger partial charge in [0, 0.05) is 44.6 Å². The van der Waals surface area contributed by atoms with Gasteiger partial charge in [0.05, 0.1) is 7.11 Å². The fourth-order valence-corrected chi connectivity index (χ4v) is 3.74. The van der Waals surface area contributed by atoms with Crippen molar-refractivity contribution in [2.75, 3.05) is 26.9 Å². The molecule has 2 aromatic rings. The summed E-state index contributed by atoms with van der Waals surface area (Å²) in [5.74, 6) is 0.584. The minimum atomic E-state index is -0.157. The van der Waals surface area contributed by atoms with Crippen LogP contribution in [-0.2, 0) is 26.3 Å². The fourth-order valence-electron chi connectivity index (χ4n) is 3.74. The van der Waals surface area contributed by atoms with Gasteiger partial charge in [0.2, 0.25) is 11.8 Å². The molecule has 0 radical (unpaired) electrons. The van der Waals surface area contributed by atoms with Gasteiger partial charge in [0.25, 0.3) is 0 Å². The van der Waals surface area contributed by atoms with Crippen LogP contribution < -0.4 is 15.4 Å². The van der Waals surface area contributed by atoms with Gasteiger partial charge in [-0.05, 0) is 36.1 Å². The van der Waals surface area contributed by atoms with Crippen LogP contribution in [0.3, 0.4) is 0 Å². The Hall–Kier alpha value is -2.86. The van der Waals surface area contributed by atoms with E-state index < -0.39 is 0 Å². The third kappa shape index (κ3) is 6.07. The van der Waals surface area contributed by atoms with Gasteiger partial charge in [-0.25, -0.2) is 0 Å². The van der Waals surface area contributed by atoms with Crippen molar-refractivity contribution in [3.63, 3.8) is 0 Å². The van der Waals surface area contributed by atoms with Crippen molar-refractivity contribution in [2.45, 2.75) is 37.6 Å². The number of hydrogen-bond acceptors (Lipinski definition) is 4. The molecule has 0 bridgehead atoms. The van der Waals surface area contributed by atoms with Crippen LogP contribution in [0.1, 0.15) is 36.8 Å². The lowest BCUT2D eigenvalue weighted by Crippen LogP contribution is -2.44. The van der Waals surface area contributed by atoms with Crippen molar-refractivity contribution in [3.8, 4) is 5.75 Å². The Morgan fingerprint density at radius 3 is 2.20 bits per heavy atom. The number of rotatable bonds is 9. The summed E-state index contributed by atoms with van der Waals surface area (Å²) in [4.78, 5) is 24.4. The quantitative estimate of drug-likeness (QED) is 0.666. The van der Waals surface area contributed by atoms with Crippen LogP contribution in [0.15, 0.2) is 54.6 Å². The zero-order valence-corrected chi connectivity index (χ0v) is 17.5. The lowest BCUT2D eigenvalue weighted by atomic mass is 9.74. The minimum Gasteiger partial charge on any atom is -0.497 e. The first kappa shape index (κ1) is 21.8. The summed E-state index contributed by atoms with van der Waals surface area (Å²) in [5, 5.41) is 5.90. The molecule has 0 aliphatic carbocycles. The molecular weight excluding hydrogens is 380 g/mol. The van der Waals surface area contributed by atoms with E-state index in [-0.39, 0.29) is 30.1 Å². The topological polar surface area (TPSA) is 76.7 Å². The number of methoxy groups -OCH3 is 1. The van der Waals surface area contributed by atoms with E-state index in [4.69, 9.17) is 9.47 Å². The zero-order chi connectivity index (χ0) is 21.2. The van der Waals surface area contributed by atoms with Gasteiger partial charge in [-0.15, -0.1) is 0 Å². The molecule has 6 heteroatoms. The molecule has 3 rings (SSSR count). The van der Waals surface area contributed by atoms with Crippen LogP contribution in [-0.4, -0.2) is 38.7 Å². The molecule has 0 saturated carbocycles. The second-order valence-electron chi connectivity index (χ2n) is 7.66. The largest absolute Gasteiger partial charge is 0.497 e. The molecule has 1 fully saturated rings. The van der Waals surface area contributed by atoms with Crippen molar-refractivity contribution in [3.05, 3.63) is 65.7 Å². The average Bonchev–Trinajstić information content (AvgIpc) is 2.81. The lowest BCUT2D eigenvalue weighted by molar-refractivity contribution is -0.126. The molecule has 30 heavy (non-hydrogen) atoms. The highest BCUT2D eigenvalue weighted by molar-refractivity contribution is 5.83. The highest BCUT2D eigenvalue weighted by Gasteiger charge is 2.34. The lowest BCUT2D eigenvalue weighted by Gasteiger charge is -2.38. The van der Waals surface area contributed by atoms with Gasteiger partial charge in [0.15, 0.2) is 0 Å². The van der Waals surface area contributed by atoms with E-state index >= 15 is 0 Å².